The summed E-state index contributed by atoms with van der Waals surface area (Å²) in [7, 11) is 0. The van der Waals surface area contributed by atoms with E-state index in [4.69, 9.17) is 0 Å². The van der Waals surface area contributed by atoms with Gasteiger partial charge in [0.25, 0.3) is 0 Å². The second kappa shape index (κ2) is 5.92. The molecule has 0 spiro atoms. The van der Waals surface area contributed by atoms with E-state index in [1.807, 2.05) is 0 Å². The first-order valence-electron chi connectivity index (χ1n) is 5.53. The highest BCUT2D eigenvalue weighted by atomic mass is 32.2. The number of nitrogens with one attached hydrogen (secondary N) is 1. The Morgan fingerprint density at radius 2 is 2.15 bits per heavy atom. The molecule has 1 aliphatic rings. The van der Waals surface area contributed by atoms with Gasteiger partial charge in [-0.15, -0.1) is 0 Å². The summed E-state index contributed by atoms with van der Waals surface area (Å²) in [6, 6.07) is 0.696. The highest BCUT2D eigenvalue weighted by Crippen LogP contribution is 2.25. The highest BCUT2D eigenvalue weighted by Gasteiger charge is 2.15. The van der Waals surface area contributed by atoms with Gasteiger partial charge in [0.15, 0.2) is 0 Å². The molecule has 0 saturated carbocycles. The van der Waals surface area contributed by atoms with Gasteiger partial charge in [-0.3, -0.25) is 0 Å². The van der Waals surface area contributed by atoms with E-state index in [1.54, 1.807) is 0 Å². The van der Waals surface area contributed by atoms with E-state index in [0.29, 0.717) is 6.04 Å². The topological polar surface area (TPSA) is 12.0 Å². The lowest BCUT2D eigenvalue weighted by Gasteiger charge is -2.18. The fourth-order valence-electron chi connectivity index (χ4n) is 1.93. The molecule has 1 aliphatic heterocycles. The van der Waals surface area contributed by atoms with Crippen molar-refractivity contribution in [1.29, 1.82) is 0 Å². The minimum atomic E-state index is 0.696. The van der Waals surface area contributed by atoms with Gasteiger partial charge in [-0.25, -0.2) is 0 Å². The van der Waals surface area contributed by atoms with Crippen LogP contribution >= 0.6 is 11.8 Å². The maximum Gasteiger partial charge on any atom is 0.0172 e. The van der Waals surface area contributed by atoms with E-state index >= 15 is 0 Å². The van der Waals surface area contributed by atoms with Crippen LogP contribution in [0.15, 0.2) is 0 Å². The van der Waals surface area contributed by atoms with Crippen LogP contribution < -0.4 is 5.32 Å². The van der Waals surface area contributed by atoms with E-state index in [-0.39, 0.29) is 0 Å². The standard InChI is InChI=1S/C11H23NS/c1-9(2)7-10(3)12-8-11-5-4-6-13-11/h9-12H,4-8H2,1-3H3. The molecular weight excluding hydrogens is 178 g/mol. The van der Waals surface area contributed by atoms with Gasteiger partial charge in [0.1, 0.15) is 0 Å². The first-order chi connectivity index (χ1) is 6.18. The minimum absolute atomic E-state index is 0.696. The van der Waals surface area contributed by atoms with Crippen LogP contribution in [0, 0.1) is 5.92 Å². The van der Waals surface area contributed by atoms with Gasteiger partial charge in [0, 0.05) is 17.8 Å². The fourth-order valence-corrected chi connectivity index (χ4v) is 3.14. The lowest BCUT2D eigenvalue weighted by atomic mass is 10.1. The molecule has 1 N–H and O–H groups in total. The molecule has 1 saturated heterocycles. The zero-order valence-corrected chi connectivity index (χ0v) is 9.99. The Morgan fingerprint density at radius 1 is 1.38 bits per heavy atom. The van der Waals surface area contributed by atoms with Crippen LogP contribution in [-0.2, 0) is 0 Å². The molecule has 1 fully saturated rings. The molecule has 1 heterocycles. The summed E-state index contributed by atoms with van der Waals surface area (Å²) in [6.45, 7) is 8.11. The molecular formula is C11H23NS. The Morgan fingerprint density at radius 3 is 2.69 bits per heavy atom. The lowest BCUT2D eigenvalue weighted by molar-refractivity contribution is 0.441. The molecule has 2 atom stereocenters. The number of hydrogen-bond acceptors (Lipinski definition) is 2. The SMILES string of the molecule is CC(C)CC(C)NCC1CCCS1. The van der Waals surface area contributed by atoms with Crippen LogP contribution in [0.25, 0.3) is 0 Å². The van der Waals surface area contributed by atoms with Crippen molar-refractivity contribution in [3.8, 4) is 0 Å². The molecule has 1 rings (SSSR count). The van der Waals surface area contributed by atoms with Crippen molar-refractivity contribution in [3.63, 3.8) is 0 Å². The molecule has 0 aromatic heterocycles. The Kier molecular flexibility index (Phi) is 5.18. The van der Waals surface area contributed by atoms with E-state index in [2.05, 4.69) is 37.8 Å². The van der Waals surface area contributed by atoms with Crippen molar-refractivity contribution in [3.05, 3.63) is 0 Å². The van der Waals surface area contributed by atoms with Gasteiger partial charge >= 0.3 is 0 Å². The number of thioether (sulfide) groups is 1. The van der Waals surface area contributed by atoms with E-state index < -0.39 is 0 Å². The van der Waals surface area contributed by atoms with Crippen molar-refractivity contribution < 1.29 is 0 Å². The van der Waals surface area contributed by atoms with Gasteiger partial charge in [-0.2, -0.15) is 11.8 Å². The Hall–Kier alpha value is 0.310. The quantitative estimate of drug-likeness (QED) is 0.734. The Balaban J connectivity index is 2.03. The second-order valence-electron chi connectivity index (χ2n) is 4.57. The zero-order valence-electron chi connectivity index (χ0n) is 9.18. The van der Waals surface area contributed by atoms with E-state index in [1.165, 1.54) is 31.6 Å². The van der Waals surface area contributed by atoms with Gasteiger partial charge in [-0.1, -0.05) is 13.8 Å². The molecule has 78 valence electrons. The monoisotopic (exact) mass is 201 g/mol. The van der Waals surface area contributed by atoms with Gasteiger partial charge in [0.2, 0.25) is 0 Å². The van der Waals surface area contributed by atoms with Crippen LogP contribution in [0.2, 0.25) is 0 Å². The third kappa shape index (κ3) is 4.92. The molecule has 2 unspecified atom stereocenters. The van der Waals surface area contributed by atoms with Crippen molar-refractivity contribution in [2.24, 2.45) is 5.92 Å². The maximum absolute atomic E-state index is 3.64. The summed E-state index contributed by atoms with van der Waals surface area (Å²) in [5, 5.41) is 4.53. The van der Waals surface area contributed by atoms with Crippen molar-refractivity contribution in [2.75, 3.05) is 12.3 Å². The Labute approximate surface area is 87.1 Å². The van der Waals surface area contributed by atoms with Gasteiger partial charge < -0.3 is 5.32 Å². The second-order valence-corrected chi connectivity index (χ2v) is 5.98. The van der Waals surface area contributed by atoms with Crippen molar-refractivity contribution >= 4 is 11.8 Å². The molecule has 0 radical (unpaired) electrons. The summed E-state index contributed by atoms with van der Waals surface area (Å²) in [4.78, 5) is 0. The van der Waals surface area contributed by atoms with Crippen molar-refractivity contribution in [2.45, 2.75) is 51.3 Å². The zero-order chi connectivity index (χ0) is 9.68. The summed E-state index contributed by atoms with van der Waals surface area (Å²) < 4.78 is 0. The summed E-state index contributed by atoms with van der Waals surface area (Å²) in [6.07, 6.45) is 4.15. The van der Waals surface area contributed by atoms with Crippen LogP contribution in [0.4, 0.5) is 0 Å². The molecule has 0 amide bonds. The summed E-state index contributed by atoms with van der Waals surface area (Å²) >= 11 is 2.14. The minimum Gasteiger partial charge on any atom is -0.313 e. The Bertz CT molecular complexity index is 130. The third-order valence-corrected chi connectivity index (χ3v) is 3.94. The molecule has 0 aromatic rings. The van der Waals surface area contributed by atoms with Gasteiger partial charge in [-0.05, 0) is 37.9 Å². The lowest BCUT2D eigenvalue weighted by Crippen LogP contribution is -2.32. The average Bonchev–Trinajstić information content (AvgIpc) is 2.51. The third-order valence-electron chi connectivity index (χ3n) is 2.54. The number of hydrogen-bond donors (Lipinski definition) is 1. The fraction of sp³-hybridized carbons (Fsp3) is 1.00. The van der Waals surface area contributed by atoms with Crippen LogP contribution in [0.3, 0.4) is 0 Å². The maximum atomic E-state index is 3.64. The van der Waals surface area contributed by atoms with E-state index in [0.717, 1.165) is 11.2 Å². The largest absolute Gasteiger partial charge is 0.313 e. The normalized spacial score (nSPS) is 25.4. The summed E-state index contributed by atoms with van der Waals surface area (Å²) in [5.41, 5.74) is 0. The molecule has 2 heteroatoms. The molecule has 0 aromatic carbocycles. The summed E-state index contributed by atoms with van der Waals surface area (Å²) in [5.74, 6) is 2.20. The van der Waals surface area contributed by atoms with Gasteiger partial charge in [0.05, 0.1) is 0 Å². The highest BCUT2D eigenvalue weighted by molar-refractivity contribution is 8.00. The van der Waals surface area contributed by atoms with Crippen molar-refractivity contribution in [1.82, 2.24) is 5.32 Å². The predicted molar refractivity (Wildman–Crippen MR) is 62.4 cm³/mol. The van der Waals surface area contributed by atoms with E-state index in [9.17, 15) is 0 Å². The van der Waals surface area contributed by atoms with Crippen LogP contribution in [-0.4, -0.2) is 23.6 Å². The number of rotatable bonds is 5. The molecule has 0 bridgehead atoms. The first-order valence-corrected chi connectivity index (χ1v) is 6.58. The molecule has 13 heavy (non-hydrogen) atoms. The predicted octanol–water partition coefficient (Wildman–Crippen LogP) is 2.91. The average molecular weight is 201 g/mol. The first kappa shape index (κ1) is 11.4. The van der Waals surface area contributed by atoms with Crippen LogP contribution in [0.5, 0.6) is 0 Å². The molecule has 1 nitrogen and oxygen atoms in total. The molecule has 0 aliphatic carbocycles. The smallest absolute Gasteiger partial charge is 0.0172 e. The van der Waals surface area contributed by atoms with Crippen LogP contribution in [0.1, 0.15) is 40.0 Å².